The van der Waals surface area contributed by atoms with Gasteiger partial charge in [-0.05, 0) is 88.0 Å². The molecule has 37 heavy (non-hydrogen) atoms. The first-order chi connectivity index (χ1) is 17.6. The summed E-state index contributed by atoms with van der Waals surface area (Å²) < 4.78 is 11.1. The Morgan fingerprint density at radius 2 is 1.81 bits per heavy atom. The van der Waals surface area contributed by atoms with Crippen LogP contribution in [0, 0.1) is 5.92 Å². The van der Waals surface area contributed by atoms with Crippen LogP contribution in [0.15, 0.2) is 48.5 Å². The summed E-state index contributed by atoms with van der Waals surface area (Å²) in [6.07, 6.45) is 1.93. The van der Waals surface area contributed by atoms with Gasteiger partial charge in [0.25, 0.3) is 0 Å². The first kappa shape index (κ1) is 27.3. The number of carbonyl (C=O) groups excluding carboxylic acids is 2. The molecule has 0 bridgehead atoms. The van der Waals surface area contributed by atoms with E-state index in [0.29, 0.717) is 24.5 Å². The molecule has 0 aromatic heterocycles. The lowest BCUT2D eigenvalue weighted by atomic mass is 9.83. The molecule has 8 heteroatoms. The summed E-state index contributed by atoms with van der Waals surface area (Å²) in [5.74, 6) is 1.10. The molecule has 0 N–H and O–H groups in total. The van der Waals surface area contributed by atoms with Crippen LogP contribution in [0.5, 0.6) is 5.75 Å². The molecule has 2 aromatic carbocycles. The van der Waals surface area contributed by atoms with Crippen LogP contribution in [0.3, 0.4) is 0 Å². The first-order valence-corrected chi connectivity index (χ1v) is 13.4. The topological polar surface area (TPSA) is 62.3 Å². The SMILES string of the molecule is COc1cccc([C@H]2[C@H](CN3CCCN(C(=O)OC(C)(C)C)CC3)CCC(=O)N2c2ccc(Cl)cc2)c1. The molecule has 2 heterocycles. The number of carbonyl (C=O) groups is 2. The lowest BCUT2D eigenvalue weighted by Crippen LogP contribution is -2.47. The highest BCUT2D eigenvalue weighted by atomic mass is 35.5. The van der Waals surface area contributed by atoms with Crippen molar-refractivity contribution in [3.63, 3.8) is 0 Å². The predicted molar refractivity (Wildman–Crippen MR) is 146 cm³/mol. The minimum absolute atomic E-state index is 0.110. The van der Waals surface area contributed by atoms with Crippen LogP contribution in [0.25, 0.3) is 0 Å². The van der Waals surface area contributed by atoms with Crippen molar-refractivity contribution in [2.45, 2.75) is 51.7 Å². The minimum Gasteiger partial charge on any atom is -0.497 e. The number of rotatable bonds is 5. The van der Waals surface area contributed by atoms with Crippen molar-refractivity contribution in [3.05, 3.63) is 59.1 Å². The van der Waals surface area contributed by atoms with Gasteiger partial charge in [-0.15, -0.1) is 0 Å². The van der Waals surface area contributed by atoms with E-state index in [0.717, 1.165) is 49.5 Å². The van der Waals surface area contributed by atoms with Gasteiger partial charge in [-0.3, -0.25) is 4.79 Å². The Bertz CT molecular complexity index is 1090. The third-order valence-electron chi connectivity index (χ3n) is 7.00. The van der Waals surface area contributed by atoms with Crippen molar-refractivity contribution < 1.29 is 19.1 Å². The van der Waals surface area contributed by atoms with Gasteiger partial charge in [0.2, 0.25) is 5.91 Å². The van der Waals surface area contributed by atoms with E-state index >= 15 is 0 Å². The van der Waals surface area contributed by atoms with Crippen molar-refractivity contribution in [1.29, 1.82) is 0 Å². The number of benzene rings is 2. The van der Waals surface area contributed by atoms with Gasteiger partial charge in [-0.25, -0.2) is 4.79 Å². The molecule has 0 saturated carbocycles. The van der Waals surface area contributed by atoms with Crippen LogP contribution in [-0.4, -0.2) is 67.2 Å². The highest BCUT2D eigenvalue weighted by molar-refractivity contribution is 6.30. The monoisotopic (exact) mass is 527 g/mol. The molecular weight excluding hydrogens is 490 g/mol. The summed E-state index contributed by atoms with van der Waals surface area (Å²) in [4.78, 5) is 32.2. The Morgan fingerprint density at radius 1 is 1.05 bits per heavy atom. The quantitative estimate of drug-likeness (QED) is 0.493. The molecule has 0 aliphatic carbocycles. The van der Waals surface area contributed by atoms with Gasteiger partial charge in [0, 0.05) is 43.3 Å². The Labute approximate surface area is 225 Å². The van der Waals surface area contributed by atoms with Gasteiger partial charge in [-0.2, -0.15) is 0 Å². The lowest BCUT2D eigenvalue weighted by Gasteiger charge is -2.43. The third-order valence-corrected chi connectivity index (χ3v) is 7.25. The predicted octanol–water partition coefficient (Wildman–Crippen LogP) is 5.78. The molecule has 0 unspecified atom stereocenters. The van der Waals surface area contributed by atoms with Crippen LogP contribution < -0.4 is 9.64 Å². The number of piperidine rings is 1. The maximum atomic E-state index is 13.3. The maximum Gasteiger partial charge on any atom is 0.410 e. The molecule has 0 radical (unpaired) electrons. The Kier molecular flexibility index (Phi) is 8.65. The highest BCUT2D eigenvalue weighted by Gasteiger charge is 2.39. The molecular formula is C29H38ClN3O4. The number of methoxy groups -OCH3 is 1. The van der Waals surface area contributed by atoms with Crippen LogP contribution in [-0.2, 0) is 9.53 Å². The summed E-state index contributed by atoms with van der Waals surface area (Å²) >= 11 is 6.16. The van der Waals surface area contributed by atoms with Crippen molar-refractivity contribution in [2.24, 2.45) is 5.92 Å². The second kappa shape index (κ2) is 11.7. The molecule has 2 aromatic rings. The van der Waals surface area contributed by atoms with E-state index in [9.17, 15) is 9.59 Å². The standard InChI is InChI=1S/C29H38ClN3O4/c1-29(2,3)37-28(35)32-16-6-15-31(17-18-32)20-22-9-14-26(34)33(24-12-10-23(30)11-13-24)27(22)21-7-5-8-25(19-21)36-4/h5,7-8,10-13,19,22,27H,6,9,14-18,20H2,1-4H3/t22-,27-/m0/s1. The summed E-state index contributed by atoms with van der Waals surface area (Å²) in [7, 11) is 1.66. The lowest BCUT2D eigenvalue weighted by molar-refractivity contribution is -0.121. The molecule has 7 nitrogen and oxygen atoms in total. The van der Waals surface area contributed by atoms with Crippen LogP contribution in [0.2, 0.25) is 5.02 Å². The Morgan fingerprint density at radius 3 is 2.51 bits per heavy atom. The highest BCUT2D eigenvalue weighted by Crippen LogP contribution is 2.41. The fraction of sp³-hybridized carbons (Fsp3) is 0.517. The third kappa shape index (κ3) is 6.96. The summed E-state index contributed by atoms with van der Waals surface area (Å²) in [5, 5.41) is 0.641. The minimum atomic E-state index is -0.507. The maximum absolute atomic E-state index is 13.3. The van der Waals surface area contributed by atoms with E-state index in [1.54, 1.807) is 7.11 Å². The van der Waals surface area contributed by atoms with Crippen molar-refractivity contribution in [1.82, 2.24) is 9.80 Å². The van der Waals surface area contributed by atoms with E-state index < -0.39 is 5.60 Å². The molecule has 200 valence electrons. The summed E-state index contributed by atoms with van der Waals surface area (Å²) in [6.45, 7) is 9.50. The molecule has 2 atom stereocenters. The number of hydrogen-bond donors (Lipinski definition) is 0. The average molecular weight is 528 g/mol. The van der Waals surface area contributed by atoms with E-state index in [1.807, 2.05) is 73.0 Å². The Balaban J connectivity index is 1.57. The smallest absolute Gasteiger partial charge is 0.410 e. The molecule has 2 aliphatic rings. The van der Waals surface area contributed by atoms with Crippen molar-refractivity contribution >= 4 is 29.3 Å². The Hall–Kier alpha value is -2.77. The van der Waals surface area contributed by atoms with Crippen LogP contribution in [0.1, 0.15) is 51.6 Å². The number of anilines is 1. The van der Waals surface area contributed by atoms with Gasteiger partial charge >= 0.3 is 6.09 Å². The molecule has 2 amide bonds. The number of hydrogen-bond acceptors (Lipinski definition) is 5. The summed E-state index contributed by atoms with van der Waals surface area (Å²) in [6, 6.07) is 15.4. The second-order valence-electron chi connectivity index (χ2n) is 10.9. The van der Waals surface area contributed by atoms with E-state index in [-0.39, 0.29) is 24.0 Å². The second-order valence-corrected chi connectivity index (χ2v) is 11.3. The zero-order chi connectivity index (χ0) is 26.6. The largest absolute Gasteiger partial charge is 0.497 e. The molecule has 2 aliphatic heterocycles. The van der Waals surface area contributed by atoms with E-state index in [1.165, 1.54) is 0 Å². The van der Waals surface area contributed by atoms with Crippen LogP contribution in [0.4, 0.5) is 10.5 Å². The van der Waals surface area contributed by atoms with E-state index in [2.05, 4.69) is 11.0 Å². The van der Waals surface area contributed by atoms with Crippen molar-refractivity contribution in [3.8, 4) is 5.75 Å². The van der Waals surface area contributed by atoms with Gasteiger partial charge in [0.15, 0.2) is 0 Å². The molecule has 0 spiro atoms. The zero-order valence-electron chi connectivity index (χ0n) is 22.3. The number of nitrogens with zero attached hydrogens (tertiary/aromatic N) is 3. The molecule has 2 fully saturated rings. The van der Waals surface area contributed by atoms with Crippen LogP contribution >= 0.6 is 11.6 Å². The number of amides is 2. The summed E-state index contributed by atoms with van der Waals surface area (Å²) in [5.41, 5.74) is 1.39. The normalized spacial score (nSPS) is 21.5. The van der Waals surface area contributed by atoms with Gasteiger partial charge < -0.3 is 24.2 Å². The van der Waals surface area contributed by atoms with Crippen molar-refractivity contribution in [2.75, 3.05) is 44.7 Å². The van der Waals surface area contributed by atoms with Gasteiger partial charge in [-0.1, -0.05) is 23.7 Å². The first-order valence-electron chi connectivity index (χ1n) is 13.1. The molecule has 2 saturated heterocycles. The van der Waals surface area contributed by atoms with E-state index in [4.69, 9.17) is 21.1 Å². The molecule has 4 rings (SSSR count). The van der Waals surface area contributed by atoms with Gasteiger partial charge in [0.05, 0.1) is 13.2 Å². The van der Waals surface area contributed by atoms with Gasteiger partial charge in [0.1, 0.15) is 11.4 Å². The number of halogens is 1. The number of ether oxygens (including phenoxy) is 2. The fourth-order valence-electron chi connectivity index (χ4n) is 5.29. The zero-order valence-corrected chi connectivity index (χ0v) is 23.0. The fourth-order valence-corrected chi connectivity index (χ4v) is 5.42. The average Bonchev–Trinajstić information content (AvgIpc) is 3.10.